The molecule has 0 radical (unpaired) electrons. The number of fused-ring (bicyclic) bond motifs is 1. The third-order valence-corrected chi connectivity index (χ3v) is 4.35. The van der Waals surface area contributed by atoms with Crippen molar-refractivity contribution in [3.8, 4) is 0 Å². The highest BCUT2D eigenvalue weighted by molar-refractivity contribution is 5.83. The number of hydrogen-bond donors (Lipinski definition) is 3. The van der Waals surface area contributed by atoms with Crippen LogP contribution in [0.5, 0.6) is 0 Å². The molecule has 0 spiro atoms. The summed E-state index contributed by atoms with van der Waals surface area (Å²) in [6.07, 6.45) is 5.86. The fourth-order valence-corrected chi connectivity index (χ4v) is 3.10. The van der Waals surface area contributed by atoms with Gasteiger partial charge in [0.15, 0.2) is 0 Å². The summed E-state index contributed by atoms with van der Waals surface area (Å²) in [5.74, 6) is 0.881. The number of nitrogens with one attached hydrogen (secondary N) is 2. The minimum absolute atomic E-state index is 0.0404. The van der Waals surface area contributed by atoms with Gasteiger partial charge in [0, 0.05) is 30.1 Å². The van der Waals surface area contributed by atoms with Crippen molar-refractivity contribution < 1.29 is 9.90 Å². The maximum absolute atomic E-state index is 12.5. The molecule has 0 atom stereocenters. The Balaban J connectivity index is 1.56. The molecule has 0 saturated heterocycles. The molecule has 0 aliphatic carbocycles. The van der Waals surface area contributed by atoms with Crippen LogP contribution in [0.2, 0.25) is 0 Å². The number of aromatic nitrogens is 3. The maximum atomic E-state index is 12.5. The van der Waals surface area contributed by atoms with E-state index in [-0.39, 0.29) is 12.5 Å². The van der Waals surface area contributed by atoms with Crippen LogP contribution in [0.4, 0.5) is 0 Å². The fraction of sp³-hybridized carbons (Fsp3) is 0.368. The molecule has 6 heteroatoms. The van der Waals surface area contributed by atoms with Gasteiger partial charge in [0.2, 0.25) is 5.91 Å². The topological polar surface area (TPSA) is 85.0 Å². The van der Waals surface area contributed by atoms with Crippen LogP contribution in [0.25, 0.3) is 10.9 Å². The van der Waals surface area contributed by atoms with Crippen molar-refractivity contribution in [1.82, 2.24) is 19.9 Å². The molecule has 1 aromatic carbocycles. The van der Waals surface area contributed by atoms with Crippen molar-refractivity contribution in [3.63, 3.8) is 0 Å². The number of para-hydroxylation sites is 1. The van der Waals surface area contributed by atoms with E-state index in [0.717, 1.165) is 29.9 Å². The Morgan fingerprint density at radius 2 is 2.16 bits per heavy atom. The quantitative estimate of drug-likeness (QED) is 0.589. The molecule has 2 heterocycles. The molecule has 3 rings (SSSR count). The van der Waals surface area contributed by atoms with Crippen molar-refractivity contribution in [3.05, 3.63) is 53.7 Å². The third kappa shape index (κ3) is 4.28. The average Bonchev–Trinajstić information content (AvgIpc) is 3.21. The van der Waals surface area contributed by atoms with Crippen molar-refractivity contribution in [1.29, 1.82) is 0 Å². The molecule has 3 aromatic rings. The maximum Gasteiger partial charge on any atom is 0.223 e. The van der Waals surface area contributed by atoms with E-state index in [1.807, 2.05) is 25.3 Å². The molecule has 1 amide bonds. The van der Waals surface area contributed by atoms with Gasteiger partial charge < -0.3 is 20.0 Å². The van der Waals surface area contributed by atoms with Gasteiger partial charge in [-0.05, 0) is 31.4 Å². The van der Waals surface area contributed by atoms with Gasteiger partial charge >= 0.3 is 0 Å². The van der Waals surface area contributed by atoms with Crippen molar-refractivity contribution in [2.75, 3.05) is 13.2 Å². The molecular weight excluding hydrogens is 316 g/mol. The SMILES string of the molecule is Cc1ncc(CN(CCO)C(=O)CCCc2c[nH]c3ccccc23)[nH]1. The Morgan fingerprint density at radius 3 is 2.92 bits per heavy atom. The number of aryl methyl sites for hydroxylation is 2. The highest BCUT2D eigenvalue weighted by atomic mass is 16.3. The standard InChI is InChI=1S/C19H24N4O2/c1-14-20-12-16(22-14)13-23(9-10-24)19(25)8-4-5-15-11-21-18-7-3-2-6-17(15)18/h2-3,6-7,11-12,21,24H,4-5,8-10,13H2,1H3,(H,20,22). The van der Waals surface area contributed by atoms with Gasteiger partial charge in [0.05, 0.1) is 25.0 Å². The molecule has 2 aromatic heterocycles. The molecule has 0 saturated carbocycles. The van der Waals surface area contributed by atoms with E-state index in [1.165, 1.54) is 10.9 Å². The predicted octanol–water partition coefficient (Wildman–Crippen LogP) is 2.54. The van der Waals surface area contributed by atoms with E-state index in [2.05, 4.69) is 27.1 Å². The van der Waals surface area contributed by atoms with E-state index >= 15 is 0 Å². The minimum Gasteiger partial charge on any atom is -0.395 e. The van der Waals surface area contributed by atoms with Crippen LogP contribution in [0.15, 0.2) is 36.7 Å². The number of aliphatic hydroxyl groups is 1. The van der Waals surface area contributed by atoms with Crippen molar-refractivity contribution in [2.24, 2.45) is 0 Å². The normalized spacial score (nSPS) is 11.1. The molecule has 25 heavy (non-hydrogen) atoms. The number of amides is 1. The first-order chi connectivity index (χ1) is 12.2. The molecule has 0 bridgehead atoms. The summed E-state index contributed by atoms with van der Waals surface area (Å²) in [4.78, 5) is 24.7. The van der Waals surface area contributed by atoms with Gasteiger partial charge in [0.1, 0.15) is 5.82 Å². The molecule has 6 nitrogen and oxygen atoms in total. The number of carbonyl (C=O) groups is 1. The Labute approximate surface area is 146 Å². The number of hydrogen-bond acceptors (Lipinski definition) is 3. The molecule has 132 valence electrons. The summed E-state index contributed by atoms with van der Waals surface area (Å²) in [6, 6.07) is 8.19. The van der Waals surface area contributed by atoms with Gasteiger partial charge in [0.25, 0.3) is 0 Å². The first kappa shape index (κ1) is 17.2. The third-order valence-electron chi connectivity index (χ3n) is 4.35. The Bertz CT molecular complexity index is 837. The zero-order valence-electron chi connectivity index (χ0n) is 14.5. The second-order valence-corrected chi connectivity index (χ2v) is 6.25. The first-order valence-corrected chi connectivity index (χ1v) is 8.61. The van der Waals surface area contributed by atoms with Crippen molar-refractivity contribution in [2.45, 2.75) is 32.7 Å². The lowest BCUT2D eigenvalue weighted by Crippen LogP contribution is -2.33. The molecule has 0 fully saturated rings. The molecule has 3 N–H and O–H groups in total. The smallest absolute Gasteiger partial charge is 0.223 e. The van der Waals surface area contributed by atoms with E-state index in [1.54, 1.807) is 11.1 Å². The van der Waals surface area contributed by atoms with Crippen LogP contribution in [-0.4, -0.2) is 44.0 Å². The Morgan fingerprint density at radius 1 is 1.32 bits per heavy atom. The van der Waals surface area contributed by atoms with Crippen molar-refractivity contribution >= 4 is 16.8 Å². The number of aromatic amines is 2. The second kappa shape index (κ2) is 7.98. The molecule has 0 aliphatic rings. The van der Waals surface area contributed by atoms with Crippen LogP contribution in [0, 0.1) is 6.92 Å². The predicted molar refractivity (Wildman–Crippen MR) is 97.1 cm³/mol. The van der Waals surface area contributed by atoms with Crippen LogP contribution < -0.4 is 0 Å². The van der Waals surface area contributed by atoms with Crippen LogP contribution in [0.1, 0.15) is 29.9 Å². The number of carbonyl (C=O) groups excluding carboxylic acids is 1. The second-order valence-electron chi connectivity index (χ2n) is 6.25. The van der Waals surface area contributed by atoms with Crippen LogP contribution >= 0.6 is 0 Å². The highest BCUT2D eigenvalue weighted by Crippen LogP contribution is 2.19. The summed E-state index contributed by atoms with van der Waals surface area (Å²) in [6.45, 7) is 2.63. The largest absolute Gasteiger partial charge is 0.395 e. The molecule has 0 aliphatic heterocycles. The first-order valence-electron chi connectivity index (χ1n) is 8.61. The average molecular weight is 340 g/mol. The van der Waals surface area contributed by atoms with E-state index in [9.17, 15) is 9.90 Å². The van der Waals surface area contributed by atoms with Crippen LogP contribution in [0.3, 0.4) is 0 Å². The van der Waals surface area contributed by atoms with Gasteiger partial charge in [-0.1, -0.05) is 18.2 Å². The van der Waals surface area contributed by atoms with Gasteiger partial charge in [-0.3, -0.25) is 4.79 Å². The molecule has 0 unspecified atom stereocenters. The number of nitrogens with zero attached hydrogens (tertiary/aromatic N) is 2. The summed E-state index contributed by atoms with van der Waals surface area (Å²) < 4.78 is 0. The number of imidazole rings is 1. The summed E-state index contributed by atoms with van der Waals surface area (Å²) in [5, 5.41) is 10.5. The van der Waals surface area contributed by atoms with E-state index < -0.39 is 0 Å². The van der Waals surface area contributed by atoms with E-state index in [4.69, 9.17) is 0 Å². The summed E-state index contributed by atoms with van der Waals surface area (Å²) >= 11 is 0. The lowest BCUT2D eigenvalue weighted by Gasteiger charge is -2.21. The van der Waals surface area contributed by atoms with Crippen LogP contribution in [-0.2, 0) is 17.8 Å². The minimum atomic E-state index is -0.0404. The van der Waals surface area contributed by atoms with Gasteiger partial charge in [-0.2, -0.15) is 0 Å². The lowest BCUT2D eigenvalue weighted by molar-refractivity contribution is -0.132. The zero-order chi connectivity index (χ0) is 17.6. The Hall–Kier alpha value is -2.60. The number of benzene rings is 1. The Kier molecular flexibility index (Phi) is 5.50. The van der Waals surface area contributed by atoms with E-state index in [0.29, 0.717) is 19.5 Å². The van der Waals surface area contributed by atoms with Gasteiger partial charge in [-0.25, -0.2) is 4.98 Å². The molecular formula is C19H24N4O2. The fourth-order valence-electron chi connectivity index (χ4n) is 3.10. The number of rotatable bonds is 8. The highest BCUT2D eigenvalue weighted by Gasteiger charge is 2.14. The lowest BCUT2D eigenvalue weighted by atomic mass is 10.1. The summed E-state index contributed by atoms with van der Waals surface area (Å²) in [5.41, 5.74) is 3.25. The van der Waals surface area contributed by atoms with Gasteiger partial charge in [-0.15, -0.1) is 0 Å². The number of H-pyrrole nitrogens is 2. The monoisotopic (exact) mass is 340 g/mol. The summed E-state index contributed by atoms with van der Waals surface area (Å²) in [7, 11) is 0. The zero-order valence-corrected chi connectivity index (χ0v) is 14.5. The number of aliphatic hydroxyl groups excluding tert-OH is 1.